The number of hydrogen-bond donors (Lipinski definition) is 4. The number of ether oxygens (including phenoxy) is 1. The zero-order valence-electron chi connectivity index (χ0n) is 10.9. The summed E-state index contributed by atoms with van der Waals surface area (Å²) in [5, 5.41) is 19.3. The first-order valence-electron chi connectivity index (χ1n) is 6.17. The van der Waals surface area contributed by atoms with Crippen LogP contribution in [0.25, 0.3) is 11.2 Å². The van der Waals surface area contributed by atoms with Crippen LogP contribution in [0.5, 0.6) is 0 Å². The summed E-state index contributed by atoms with van der Waals surface area (Å²) in [4.78, 5) is 12.1. The summed E-state index contributed by atoms with van der Waals surface area (Å²) in [5.41, 5.74) is 11.2. The molecule has 3 atom stereocenters. The summed E-state index contributed by atoms with van der Waals surface area (Å²) in [6.45, 7) is 1.37. The fraction of sp³-hybridized carbons (Fsp3) is 0.545. The molecule has 20 heavy (non-hydrogen) atoms. The highest BCUT2D eigenvalue weighted by atomic mass is 16.6. The van der Waals surface area contributed by atoms with Crippen LogP contribution in [0.4, 0.5) is 11.8 Å². The minimum Gasteiger partial charge on any atom is -0.393 e. The fourth-order valence-electron chi connectivity index (χ4n) is 2.36. The van der Waals surface area contributed by atoms with E-state index < -0.39 is 17.9 Å². The van der Waals surface area contributed by atoms with Crippen molar-refractivity contribution in [3.8, 4) is 0 Å². The van der Waals surface area contributed by atoms with Gasteiger partial charge in [0.25, 0.3) is 0 Å². The number of fused-ring (bicyclic) bond motifs is 1. The van der Waals surface area contributed by atoms with Crippen LogP contribution in [0, 0.1) is 0 Å². The van der Waals surface area contributed by atoms with E-state index in [1.807, 2.05) is 0 Å². The third kappa shape index (κ3) is 1.79. The van der Waals surface area contributed by atoms with Gasteiger partial charge in [0.05, 0.1) is 19.0 Å². The van der Waals surface area contributed by atoms with Crippen molar-refractivity contribution in [3.05, 3.63) is 6.33 Å². The van der Waals surface area contributed by atoms with Gasteiger partial charge < -0.3 is 26.4 Å². The van der Waals surface area contributed by atoms with Gasteiger partial charge in [-0.1, -0.05) is 0 Å². The number of nitrogens with zero attached hydrogens (tertiary/aromatic N) is 4. The molecule has 1 aliphatic rings. The predicted molar refractivity (Wildman–Crippen MR) is 70.4 cm³/mol. The van der Waals surface area contributed by atoms with Gasteiger partial charge in [0, 0.05) is 6.42 Å². The average molecular weight is 280 g/mol. The van der Waals surface area contributed by atoms with Crippen molar-refractivity contribution in [2.75, 3.05) is 18.1 Å². The zero-order valence-corrected chi connectivity index (χ0v) is 10.9. The molecule has 2 aromatic rings. The summed E-state index contributed by atoms with van der Waals surface area (Å²) < 4.78 is 7.36. The van der Waals surface area contributed by atoms with Crippen molar-refractivity contribution < 1.29 is 14.9 Å². The number of rotatable bonds is 2. The molecule has 108 valence electrons. The van der Waals surface area contributed by atoms with E-state index in [9.17, 15) is 10.2 Å². The van der Waals surface area contributed by atoms with Gasteiger partial charge >= 0.3 is 0 Å². The van der Waals surface area contributed by atoms with E-state index in [-0.39, 0.29) is 18.4 Å². The van der Waals surface area contributed by atoms with Gasteiger partial charge in [0.1, 0.15) is 17.3 Å². The number of aromatic nitrogens is 4. The molecule has 0 unspecified atom stereocenters. The molecule has 1 aliphatic heterocycles. The molecule has 9 nitrogen and oxygen atoms in total. The van der Waals surface area contributed by atoms with E-state index in [1.54, 1.807) is 11.5 Å². The summed E-state index contributed by atoms with van der Waals surface area (Å²) in [5.74, 6) is 0.231. The third-order valence-corrected chi connectivity index (χ3v) is 3.62. The second-order valence-electron chi connectivity index (χ2n) is 5.09. The molecule has 1 fully saturated rings. The Labute approximate surface area is 114 Å². The topological polar surface area (TPSA) is 145 Å². The lowest BCUT2D eigenvalue weighted by Crippen LogP contribution is -2.39. The molecule has 0 amide bonds. The van der Waals surface area contributed by atoms with Crippen LogP contribution >= 0.6 is 0 Å². The van der Waals surface area contributed by atoms with Crippen LogP contribution in [0.2, 0.25) is 0 Å². The lowest BCUT2D eigenvalue weighted by molar-refractivity contribution is -0.115. The first-order valence-corrected chi connectivity index (χ1v) is 6.17. The number of nitrogen functional groups attached to an aromatic ring is 2. The molecule has 9 heteroatoms. The van der Waals surface area contributed by atoms with Crippen LogP contribution in [0.3, 0.4) is 0 Å². The Morgan fingerprint density at radius 1 is 1.50 bits per heavy atom. The fourth-order valence-corrected chi connectivity index (χ4v) is 2.36. The van der Waals surface area contributed by atoms with Crippen LogP contribution < -0.4 is 11.5 Å². The maximum atomic E-state index is 10.00. The lowest BCUT2D eigenvalue weighted by atomic mass is 10.0. The van der Waals surface area contributed by atoms with Gasteiger partial charge in [-0.3, -0.25) is 4.57 Å². The molecule has 1 saturated heterocycles. The minimum absolute atomic E-state index is 0.0419. The Morgan fingerprint density at radius 2 is 2.25 bits per heavy atom. The SMILES string of the molecule is C[C@]1(CO)O[C@H](n2cnc3c(N)nc(N)nc32)C[C@@H]1O. The van der Waals surface area contributed by atoms with Crippen molar-refractivity contribution >= 4 is 22.9 Å². The van der Waals surface area contributed by atoms with Crippen LogP contribution in [-0.4, -0.2) is 48.0 Å². The van der Waals surface area contributed by atoms with Crippen molar-refractivity contribution in [2.24, 2.45) is 0 Å². The monoisotopic (exact) mass is 280 g/mol. The number of aliphatic hydroxyl groups is 2. The Kier molecular flexibility index (Phi) is 2.78. The van der Waals surface area contributed by atoms with Gasteiger partial charge in [0.15, 0.2) is 11.5 Å². The number of aliphatic hydroxyl groups excluding tert-OH is 2. The second-order valence-corrected chi connectivity index (χ2v) is 5.09. The standard InChI is InChI=1S/C11H16N6O3/c1-11(3-18)5(19)2-6(20-11)17-4-14-7-8(12)15-10(13)16-9(7)17/h4-6,18-19H,2-3H2,1H3,(H4,12,13,15,16)/t5-,6-,11+/m0/s1. The zero-order chi connectivity index (χ0) is 14.5. The molecule has 0 aromatic carbocycles. The molecule has 0 bridgehead atoms. The molecule has 0 spiro atoms. The molecule has 3 rings (SSSR count). The smallest absolute Gasteiger partial charge is 0.224 e. The number of hydrogen-bond acceptors (Lipinski definition) is 8. The van der Waals surface area contributed by atoms with E-state index in [0.29, 0.717) is 17.6 Å². The number of anilines is 2. The van der Waals surface area contributed by atoms with Gasteiger partial charge in [-0.15, -0.1) is 0 Å². The third-order valence-electron chi connectivity index (χ3n) is 3.62. The predicted octanol–water partition coefficient (Wildman–Crippen LogP) is -0.978. The van der Waals surface area contributed by atoms with E-state index >= 15 is 0 Å². The van der Waals surface area contributed by atoms with E-state index in [2.05, 4.69) is 15.0 Å². The van der Waals surface area contributed by atoms with Gasteiger partial charge in [0.2, 0.25) is 5.95 Å². The Balaban J connectivity index is 2.04. The summed E-state index contributed by atoms with van der Waals surface area (Å²) in [7, 11) is 0. The summed E-state index contributed by atoms with van der Waals surface area (Å²) >= 11 is 0. The molecule has 6 N–H and O–H groups in total. The van der Waals surface area contributed by atoms with Crippen molar-refractivity contribution in [1.82, 2.24) is 19.5 Å². The molecular weight excluding hydrogens is 264 g/mol. The first kappa shape index (κ1) is 13.0. The highest BCUT2D eigenvalue weighted by Crippen LogP contribution is 2.37. The van der Waals surface area contributed by atoms with E-state index in [0.717, 1.165) is 0 Å². The Bertz CT molecular complexity index is 659. The van der Waals surface area contributed by atoms with E-state index in [1.165, 1.54) is 6.33 Å². The quantitative estimate of drug-likeness (QED) is 0.549. The molecule has 3 heterocycles. The molecule has 2 aromatic heterocycles. The van der Waals surface area contributed by atoms with Crippen LogP contribution in [0.1, 0.15) is 19.6 Å². The average Bonchev–Trinajstić information content (AvgIpc) is 2.92. The lowest BCUT2D eigenvalue weighted by Gasteiger charge is -2.24. The largest absolute Gasteiger partial charge is 0.393 e. The minimum atomic E-state index is -1.01. The van der Waals surface area contributed by atoms with Crippen LogP contribution in [0.15, 0.2) is 6.33 Å². The summed E-state index contributed by atoms with van der Waals surface area (Å²) in [6, 6.07) is 0. The van der Waals surface area contributed by atoms with Gasteiger partial charge in [-0.2, -0.15) is 9.97 Å². The number of nitrogens with two attached hydrogens (primary N) is 2. The van der Waals surface area contributed by atoms with E-state index in [4.69, 9.17) is 16.2 Å². The maximum absolute atomic E-state index is 10.00. The van der Waals surface area contributed by atoms with Crippen molar-refractivity contribution in [3.63, 3.8) is 0 Å². The Hall–Kier alpha value is -1.97. The van der Waals surface area contributed by atoms with Crippen LogP contribution in [-0.2, 0) is 4.74 Å². The number of imidazole rings is 1. The highest BCUT2D eigenvalue weighted by Gasteiger charge is 2.45. The van der Waals surface area contributed by atoms with Gasteiger partial charge in [-0.25, -0.2) is 4.98 Å². The molecule has 0 aliphatic carbocycles. The molecule has 0 radical (unpaired) electrons. The highest BCUT2D eigenvalue weighted by molar-refractivity contribution is 5.82. The van der Waals surface area contributed by atoms with Crippen molar-refractivity contribution in [2.45, 2.75) is 31.3 Å². The Morgan fingerprint density at radius 3 is 2.90 bits per heavy atom. The summed E-state index contributed by atoms with van der Waals surface area (Å²) in [6.07, 6.45) is 0.537. The maximum Gasteiger partial charge on any atom is 0.224 e. The molecular formula is C11H16N6O3. The second kappa shape index (κ2) is 4.27. The molecule has 0 saturated carbocycles. The van der Waals surface area contributed by atoms with Gasteiger partial charge in [-0.05, 0) is 6.92 Å². The van der Waals surface area contributed by atoms with Crippen molar-refractivity contribution in [1.29, 1.82) is 0 Å². The first-order chi connectivity index (χ1) is 9.44. The normalized spacial score (nSPS) is 30.1.